The number of hydrogen-bond acceptors (Lipinski definition) is 7. The van der Waals surface area contributed by atoms with E-state index >= 15 is 0 Å². The highest BCUT2D eigenvalue weighted by Gasteiger charge is 2.33. The highest BCUT2D eigenvalue weighted by atomic mass is 32.1. The Kier molecular flexibility index (Phi) is 11.7. The minimum absolute atomic E-state index is 0.314. The molecule has 3 rings (SSSR count). The van der Waals surface area contributed by atoms with E-state index in [-0.39, 0.29) is 0 Å². The van der Waals surface area contributed by atoms with E-state index in [9.17, 15) is 22.8 Å². The number of pyridine rings is 1. The lowest BCUT2D eigenvalue weighted by Gasteiger charge is -2.34. The van der Waals surface area contributed by atoms with Crippen LogP contribution in [-0.2, 0) is 15.8 Å². The number of fused-ring (bicyclic) bond motifs is 1. The summed E-state index contributed by atoms with van der Waals surface area (Å²) in [5.74, 6) is -1.20. The number of aromatic nitrogens is 1. The second-order valence-corrected chi connectivity index (χ2v) is 11.1. The fraction of sp³-hybridized carbons (Fsp3) is 0.414. The Morgan fingerprint density at radius 3 is 2.26 bits per heavy atom. The van der Waals surface area contributed by atoms with Gasteiger partial charge in [-0.15, -0.1) is 0 Å². The molecule has 0 saturated carbocycles. The van der Waals surface area contributed by atoms with Crippen LogP contribution in [0.3, 0.4) is 0 Å². The average Bonchev–Trinajstić information content (AvgIpc) is 2.95. The van der Waals surface area contributed by atoms with Gasteiger partial charge in [0.25, 0.3) is 0 Å². The number of quaternary nitrogens is 1. The number of halogens is 3. The minimum Gasteiger partial charge on any atom is -0.342 e. The molecule has 0 aliphatic rings. The molecular formula is C29H39F3N7O2S+. The van der Waals surface area contributed by atoms with Crippen LogP contribution in [0.1, 0.15) is 29.2 Å². The molecular weight excluding hydrogens is 567 g/mol. The number of nitrogens with one attached hydrogen (secondary N) is 2. The molecule has 3 atom stereocenters. The third-order valence-corrected chi connectivity index (χ3v) is 7.82. The first-order valence-corrected chi connectivity index (χ1v) is 14.2. The monoisotopic (exact) mass is 606 g/mol. The molecule has 0 fully saturated rings. The smallest absolute Gasteiger partial charge is 0.342 e. The fourth-order valence-corrected chi connectivity index (χ4v) is 5.13. The molecule has 13 heteroatoms. The van der Waals surface area contributed by atoms with Crippen LogP contribution in [0.15, 0.2) is 60.8 Å². The zero-order valence-corrected chi connectivity index (χ0v) is 24.4. The summed E-state index contributed by atoms with van der Waals surface area (Å²) < 4.78 is 40.0. The number of nitrogens with zero attached hydrogens (tertiary/aromatic N) is 2. The largest absolute Gasteiger partial charge is 0.416 e. The number of hydrogen-bond donors (Lipinski definition) is 6. The van der Waals surface area contributed by atoms with Gasteiger partial charge in [0.2, 0.25) is 11.8 Å². The number of amides is 2. The molecule has 0 aliphatic carbocycles. The van der Waals surface area contributed by atoms with Crippen LogP contribution in [-0.4, -0.2) is 73.1 Å². The highest BCUT2D eigenvalue weighted by Crippen LogP contribution is 2.32. The predicted octanol–water partition coefficient (Wildman–Crippen LogP) is 2.82. The number of likely N-dealkylation sites (N-methyl/N-ethyl adjacent to an activating group) is 1. The predicted molar refractivity (Wildman–Crippen MR) is 162 cm³/mol. The normalized spacial score (nSPS) is 14.3. The highest BCUT2D eigenvalue weighted by molar-refractivity contribution is 7.80. The number of thiol groups is 1. The van der Waals surface area contributed by atoms with E-state index in [0.717, 1.165) is 42.7 Å². The summed E-state index contributed by atoms with van der Waals surface area (Å²) >= 11 is 4.54. The van der Waals surface area contributed by atoms with E-state index in [1.165, 1.54) is 18.3 Å². The molecule has 2 aromatic carbocycles. The number of nitrogens with two attached hydrogens (primary N) is 3. The lowest BCUT2D eigenvalue weighted by molar-refractivity contribution is -0.907. The van der Waals surface area contributed by atoms with E-state index in [1.54, 1.807) is 6.07 Å². The minimum atomic E-state index is -4.52. The van der Waals surface area contributed by atoms with Crippen molar-refractivity contribution in [2.24, 2.45) is 17.2 Å². The van der Waals surface area contributed by atoms with Crippen LogP contribution < -0.4 is 27.8 Å². The Morgan fingerprint density at radius 1 is 1.00 bits per heavy atom. The third kappa shape index (κ3) is 9.13. The van der Waals surface area contributed by atoms with Crippen molar-refractivity contribution in [2.45, 2.75) is 36.4 Å². The van der Waals surface area contributed by atoms with Crippen molar-refractivity contribution in [3.05, 3.63) is 71.9 Å². The van der Waals surface area contributed by atoms with Gasteiger partial charge in [-0.25, -0.2) is 0 Å². The van der Waals surface area contributed by atoms with Crippen molar-refractivity contribution >= 4 is 41.0 Å². The van der Waals surface area contributed by atoms with E-state index in [0.29, 0.717) is 41.7 Å². The molecule has 0 aliphatic heterocycles. The maximum Gasteiger partial charge on any atom is 0.416 e. The molecule has 0 bridgehead atoms. The topological polar surface area (TPSA) is 149 Å². The van der Waals surface area contributed by atoms with E-state index in [4.69, 9.17) is 17.2 Å². The molecule has 0 saturated heterocycles. The molecule has 228 valence electrons. The standard InChI is InChI=1S/C29H38F3N7O2S/c1-39(15-12-33,16-13-34)14-4-6-23(35)27(40)38-25(26(42)19-8-10-21(11-9-19)29(30,31)32)28(41)37-22-17-20-5-2-3-7-24(20)36-18-22/h2-3,5,7-11,17-18,23,25-26H,4,6,12-16,33-35H2,1H3,(H2-,37,38,40,41,42)/p+1/t23-,25-,26+/m0/s1. The van der Waals surface area contributed by atoms with Crippen molar-refractivity contribution in [1.82, 2.24) is 10.3 Å². The van der Waals surface area contributed by atoms with E-state index in [2.05, 4.69) is 28.2 Å². The molecule has 0 spiro atoms. The lowest BCUT2D eigenvalue weighted by Crippen LogP contribution is -2.53. The molecule has 0 unspecified atom stereocenters. The van der Waals surface area contributed by atoms with Crippen molar-refractivity contribution in [1.29, 1.82) is 0 Å². The molecule has 0 radical (unpaired) electrons. The van der Waals surface area contributed by atoms with Gasteiger partial charge in [0.05, 0.1) is 60.9 Å². The maximum atomic E-state index is 13.5. The molecule has 1 aromatic heterocycles. The molecule has 3 aromatic rings. The van der Waals surface area contributed by atoms with Crippen LogP contribution in [0.5, 0.6) is 0 Å². The first-order valence-electron chi connectivity index (χ1n) is 13.7. The average molecular weight is 607 g/mol. The van der Waals surface area contributed by atoms with Crippen molar-refractivity contribution in [3.8, 4) is 0 Å². The number of alkyl halides is 3. The van der Waals surface area contributed by atoms with Gasteiger partial charge in [0, 0.05) is 18.5 Å². The number of para-hydroxylation sites is 1. The summed E-state index contributed by atoms with van der Waals surface area (Å²) in [5, 5.41) is 5.23. The fourth-order valence-electron chi connectivity index (χ4n) is 4.75. The van der Waals surface area contributed by atoms with E-state index in [1.807, 2.05) is 31.3 Å². The second-order valence-electron chi connectivity index (χ2n) is 10.6. The SMILES string of the molecule is C[N+](CCN)(CCN)CCC[C@H](N)C(=O)N[C@H](C(=O)Nc1cnc2ccccc2c1)[C@H](S)c1ccc(C(F)(F)F)cc1. The van der Waals surface area contributed by atoms with Gasteiger partial charge < -0.3 is 32.3 Å². The van der Waals surface area contributed by atoms with Crippen molar-refractivity contribution in [2.75, 3.05) is 45.1 Å². The van der Waals surface area contributed by atoms with Gasteiger partial charge in [-0.1, -0.05) is 30.3 Å². The van der Waals surface area contributed by atoms with E-state index < -0.39 is 40.9 Å². The number of benzene rings is 2. The maximum absolute atomic E-state index is 13.5. The van der Waals surface area contributed by atoms with Gasteiger partial charge in [-0.2, -0.15) is 25.8 Å². The molecule has 8 N–H and O–H groups in total. The Balaban J connectivity index is 1.77. The summed E-state index contributed by atoms with van der Waals surface area (Å²) in [7, 11) is 2.04. The Morgan fingerprint density at radius 2 is 1.64 bits per heavy atom. The van der Waals surface area contributed by atoms with Gasteiger partial charge in [-0.3, -0.25) is 14.6 Å². The molecule has 42 heavy (non-hydrogen) atoms. The molecule has 2 amide bonds. The number of rotatable bonds is 14. The van der Waals surface area contributed by atoms with Gasteiger partial charge >= 0.3 is 6.18 Å². The first-order chi connectivity index (χ1) is 19.9. The summed E-state index contributed by atoms with van der Waals surface area (Å²) in [6, 6.07) is 11.2. The van der Waals surface area contributed by atoms with Crippen molar-refractivity contribution < 1.29 is 27.2 Å². The number of carbonyl (C=O) groups is 2. The molecule has 1 heterocycles. The summed E-state index contributed by atoms with van der Waals surface area (Å²) in [4.78, 5) is 31.0. The quantitative estimate of drug-likeness (QED) is 0.123. The van der Waals surface area contributed by atoms with Crippen LogP contribution in [0, 0.1) is 0 Å². The van der Waals surface area contributed by atoms with Crippen LogP contribution in [0.25, 0.3) is 10.9 Å². The van der Waals surface area contributed by atoms with Crippen molar-refractivity contribution in [3.63, 3.8) is 0 Å². The first kappa shape index (κ1) is 33.3. The van der Waals surface area contributed by atoms with Gasteiger partial charge in [-0.05, 0) is 42.7 Å². The number of anilines is 1. The summed E-state index contributed by atoms with van der Waals surface area (Å²) in [5.41, 5.74) is 18.3. The van der Waals surface area contributed by atoms with Gasteiger partial charge in [0.15, 0.2) is 0 Å². The Bertz CT molecular complexity index is 1330. The van der Waals surface area contributed by atoms with Crippen LogP contribution in [0.2, 0.25) is 0 Å². The Labute approximate surface area is 249 Å². The molecule has 9 nitrogen and oxygen atoms in total. The Hall–Kier alpha value is -3.23. The number of carbonyl (C=O) groups excluding carboxylic acids is 2. The summed E-state index contributed by atoms with van der Waals surface area (Å²) in [6.45, 7) is 3.19. The summed E-state index contributed by atoms with van der Waals surface area (Å²) in [6.07, 6.45) is -2.08. The zero-order valence-electron chi connectivity index (χ0n) is 23.5. The second kappa shape index (κ2) is 14.8. The van der Waals surface area contributed by atoms with Gasteiger partial charge in [0.1, 0.15) is 6.04 Å². The third-order valence-electron chi connectivity index (χ3n) is 7.22. The van der Waals surface area contributed by atoms with Crippen LogP contribution in [0.4, 0.5) is 18.9 Å². The van der Waals surface area contributed by atoms with Crippen LogP contribution >= 0.6 is 12.6 Å². The lowest BCUT2D eigenvalue weighted by atomic mass is 10.0. The zero-order chi connectivity index (χ0) is 30.9.